The van der Waals surface area contributed by atoms with Crippen LogP contribution in [0.1, 0.15) is 23.7 Å². The number of amides is 1. The number of rotatable bonds is 7. The Kier molecular flexibility index (Phi) is 5.86. The first kappa shape index (κ1) is 18.6. The first-order valence-electron chi connectivity index (χ1n) is 8.86. The fraction of sp³-hybridized carbons (Fsp3) is 0.286. The molecule has 27 heavy (non-hydrogen) atoms. The van der Waals surface area contributed by atoms with Crippen molar-refractivity contribution in [2.45, 2.75) is 13.3 Å². The summed E-state index contributed by atoms with van der Waals surface area (Å²) in [5, 5.41) is 0. The Morgan fingerprint density at radius 3 is 2.44 bits per heavy atom. The van der Waals surface area contributed by atoms with E-state index in [0.29, 0.717) is 17.9 Å². The number of ether oxygens (including phenoxy) is 2. The molecule has 1 heterocycles. The van der Waals surface area contributed by atoms with Gasteiger partial charge in [0, 0.05) is 24.2 Å². The van der Waals surface area contributed by atoms with Crippen molar-refractivity contribution in [1.29, 1.82) is 0 Å². The predicted octanol–water partition coefficient (Wildman–Crippen LogP) is 2.86. The Morgan fingerprint density at radius 1 is 1.07 bits per heavy atom. The van der Waals surface area contributed by atoms with Gasteiger partial charge in [0.1, 0.15) is 5.75 Å². The third kappa shape index (κ3) is 4.53. The molecule has 0 aliphatic carbocycles. The number of benzene rings is 2. The second-order valence-electron chi connectivity index (χ2n) is 6.23. The van der Waals surface area contributed by atoms with E-state index in [-0.39, 0.29) is 31.3 Å². The van der Waals surface area contributed by atoms with Crippen molar-refractivity contribution in [3.63, 3.8) is 0 Å². The highest BCUT2D eigenvalue weighted by Crippen LogP contribution is 2.27. The van der Waals surface area contributed by atoms with Crippen LogP contribution in [0.3, 0.4) is 0 Å². The molecule has 0 bridgehead atoms. The molecule has 6 heteroatoms. The van der Waals surface area contributed by atoms with E-state index in [1.54, 1.807) is 53.4 Å². The summed E-state index contributed by atoms with van der Waals surface area (Å²) in [6, 6.07) is 15.8. The fourth-order valence-corrected chi connectivity index (χ4v) is 2.97. The zero-order valence-electron chi connectivity index (χ0n) is 15.1. The summed E-state index contributed by atoms with van der Waals surface area (Å²) in [6.45, 7) is 2.38. The molecule has 0 spiro atoms. The summed E-state index contributed by atoms with van der Waals surface area (Å²) in [5.41, 5.74) is 1.20. The number of hydrogen-bond donors (Lipinski definition) is 0. The number of Topliss-reactive ketones (excluding diaryl/α,β-unsaturated/α-hetero) is 1. The van der Waals surface area contributed by atoms with Crippen LogP contribution in [0.4, 0.5) is 5.69 Å². The molecular weight excluding hydrogens is 346 g/mol. The summed E-state index contributed by atoms with van der Waals surface area (Å²) in [4.78, 5) is 38.1. The molecule has 6 nitrogen and oxygen atoms in total. The number of hydrogen-bond acceptors (Lipinski definition) is 5. The normalized spacial score (nSPS) is 16.3. The number of nitrogens with zero attached hydrogens (tertiary/aromatic N) is 1. The van der Waals surface area contributed by atoms with Crippen molar-refractivity contribution in [3.05, 3.63) is 60.2 Å². The van der Waals surface area contributed by atoms with Crippen LogP contribution in [0.25, 0.3) is 0 Å². The van der Waals surface area contributed by atoms with Crippen molar-refractivity contribution >= 4 is 23.3 Å². The molecule has 0 N–H and O–H groups in total. The Hall–Kier alpha value is -3.15. The second-order valence-corrected chi connectivity index (χ2v) is 6.23. The molecule has 2 aromatic rings. The zero-order valence-corrected chi connectivity index (χ0v) is 15.1. The molecule has 2 aromatic carbocycles. The quantitative estimate of drug-likeness (QED) is 0.556. The maximum absolute atomic E-state index is 12.3. The molecule has 0 unspecified atom stereocenters. The van der Waals surface area contributed by atoms with Crippen molar-refractivity contribution in [2.75, 3.05) is 24.7 Å². The SMILES string of the molecule is CCOc1ccc(N2C[C@H](C(=O)OCC(=O)c3ccccc3)CC2=O)cc1. The van der Waals surface area contributed by atoms with Gasteiger partial charge in [0.05, 0.1) is 12.5 Å². The highest BCUT2D eigenvalue weighted by molar-refractivity contribution is 6.01. The van der Waals surface area contributed by atoms with Crippen LogP contribution in [0.15, 0.2) is 54.6 Å². The summed E-state index contributed by atoms with van der Waals surface area (Å²) in [7, 11) is 0. The zero-order chi connectivity index (χ0) is 19.2. The molecule has 0 saturated carbocycles. The van der Waals surface area contributed by atoms with Gasteiger partial charge in [-0.25, -0.2) is 0 Å². The Bertz CT molecular complexity index is 816. The molecule has 0 aromatic heterocycles. The molecule has 1 atom stereocenters. The van der Waals surface area contributed by atoms with E-state index in [4.69, 9.17) is 9.47 Å². The smallest absolute Gasteiger partial charge is 0.311 e. The Labute approximate surface area is 157 Å². The van der Waals surface area contributed by atoms with Crippen LogP contribution in [0.2, 0.25) is 0 Å². The molecule has 1 aliphatic heterocycles. The number of carbonyl (C=O) groups excluding carboxylic acids is 3. The van der Waals surface area contributed by atoms with E-state index in [0.717, 1.165) is 5.75 Å². The maximum atomic E-state index is 12.3. The van der Waals surface area contributed by atoms with E-state index in [1.165, 1.54) is 0 Å². The van der Waals surface area contributed by atoms with Crippen molar-refractivity contribution < 1.29 is 23.9 Å². The standard InChI is InChI=1S/C21H21NO5/c1-2-26-18-10-8-17(9-11-18)22-13-16(12-20(22)24)21(25)27-14-19(23)15-6-4-3-5-7-15/h3-11,16H,2,12-14H2,1H3/t16-/m1/s1. The predicted molar refractivity (Wildman–Crippen MR) is 99.8 cm³/mol. The number of anilines is 1. The highest BCUT2D eigenvalue weighted by atomic mass is 16.5. The molecule has 1 aliphatic rings. The molecule has 1 saturated heterocycles. The van der Waals surface area contributed by atoms with Crippen LogP contribution in [-0.4, -0.2) is 37.4 Å². The number of ketones is 1. The van der Waals surface area contributed by atoms with E-state index >= 15 is 0 Å². The fourth-order valence-electron chi connectivity index (χ4n) is 2.97. The Morgan fingerprint density at radius 2 is 1.78 bits per heavy atom. The average molecular weight is 367 g/mol. The Balaban J connectivity index is 1.56. The van der Waals surface area contributed by atoms with Gasteiger partial charge in [0.2, 0.25) is 5.91 Å². The van der Waals surface area contributed by atoms with Crippen LogP contribution >= 0.6 is 0 Å². The minimum Gasteiger partial charge on any atom is -0.494 e. The van der Waals surface area contributed by atoms with E-state index in [2.05, 4.69) is 0 Å². The maximum Gasteiger partial charge on any atom is 0.311 e. The lowest BCUT2D eigenvalue weighted by Crippen LogP contribution is -2.27. The molecule has 1 fully saturated rings. The summed E-state index contributed by atoms with van der Waals surface area (Å²) in [5.74, 6) is -0.788. The summed E-state index contributed by atoms with van der Waals surface area (Å²) in [6.07, 6.45) is 0.0750. The van der Waals surface area contributed by atoms with Gasteiger partial charge < -0.3 is 14.4 Å². The van der Waals surface area contributed by atoms with Crippen LogP contribution < -0.4 is 9.64 Å². The average Bonchev–Trinajstić information content (AvgIpc) is 3.09. The van der Waals surface area contributed by atoms with Crippen LogP contribution in [0.5, 0.6) is 5.75 Å². The molecular formula is C21H21NO5. The lowest BCUT2D eigenvalue weighted by atomic mass is 10.1. The first-order valence-corrected chi connectivity index (χ1v) is 8.86. The first-order chi connectivity index (χ1) is 13.1. The topological polar surface area (TPSA) is 72.9 Å². The van der Waals surface area contributed by atoms with E-state index in [1.807, 2.05) is 13.0 Å². The van der Waals surface area contributed by atoms with Gasteiger partial charge in [-0.05, 0) is 31.2 Å². The van der Waals surface area contributed by atoms with Gasteiger partial charge in [-0.1, -0.05) is 30.3 Å². The molecule has 1 amide bonds. The lowest BCUT2D eigenvalue weighted by molar-refractivity contribution is -0.147. The number of esters is 1. The minimum absolute atomic E-state index is 0.0750. The third-order valence-electron chi connectivity index (χ3n) is 4.36. The molecule has 3 rings (SSSR count). The lowest BCUT2D eigenvalue weighted by Gasteiger charge is -2.17. The monoisotopic (exact) mass is 367 g/mol. The van der Waals surface area contributed by atoms with Gasteiger partial charge in [-0.3, -0.25) is 14.4 Å². The molecule has 0 radical (unpaired) electrons. The van der Waals surface area contributed by atoms with E-state index in [9.17, 15) is 14.4 Å². The van der Waals surface area contributed by atoms with E-state index < -0.39 is 11.9 Å². The van der Waals surface area contributed by atoms with Crippen LogP contribution in [0, 0.1) is 5.92 Å². The summed E-state index contributed by atoms with van der Waals surface area (Å²) < 4.78 is 10.5. The minimum atomic E-state index is -0.576. The van der Waals surface area contributed by atoms with Gasteiger partial charge >= 0.3 is 5.97 Å². The van der Waals surface area contributed by atoms with Crippen molar-refractivity contribution in [2.24, 2.45) is 5.92 Å². The summed E-state index contributed by atoms with van der Waals surface area (Å²) >= 11 is 0. The van der Waals surface area contributed by atoms with Crippen molar-refractivity contribution in [1.82, 2.24) is 0 Å². The van der Waals surface area contributed by atoms with Gasteiger partial charge in [0.15, 0.2) is 12.4 Å². The largest absolute Gasteiger partial charge is 0.494 e. The van der Waals surface area contributed by atoms with Crippen LogP contribution in [-0.2, 0) is 14.3 Å². The highest BCUT2D eigenvalue weighted by Gasteiger charge is 2.36. The van der Waals surface area contributed by atoms with Gasteiger partial charge in [-0.2, -0.15) is 0 Å². The van der Waals surface area contributed by atoms with Crippen molar-refractivity contribution in [3.8, 4) is 5.75 Å². The van der Waals surface area contributed by atoms with Gasteiger partial charge in [-0.15, -0.1) is 0 Å². The van der Waals surface area contributed by atoms with Gasteiger partial charge in [0.25, 0.3) is 0 Å². The second kappa shape index (κ2) is 8.49. The number of carbonyl (C=O) groups is 3. The third-order valence-corrected chi connectivity index (χ3v) is 4.36. The molecule has 140 valence electrons.